The van der Waals surface area contributed by atoms with Crippen LogP contribution in [0.2, 0.25) is 20.1 Å². The van der Waals surface area contributed by atoms with Crippen molar-refractivity contribution in [3.8, 4) is 5.75 Å². The number of amides is 2. The maximum Gasteiger partial charge on any atom is 0.269 e. The number of ether oxygens (including phenoxy) is 2. The number of benzodiazepines with no additional fused rings is 1. The lowest BCUT2D eigenvalue weighted by atomic mass is 10.0. The van der Waals surface area contributed by atoms with Crippen molar-refractivity contribution in [3.05, 3.63) is 91.4 Å². The Kier molecular flexibility index (Phi) is 8.95. The summed E-state index contributed by atoms with van der Waals surface area (Å²) in [5, 5.41) is 6.61. The fourth-order valence-corrected chi connectivity index (χ4v) is 4.85. The van der Waals surface area contributed by atoms with Crippen LogP contribution in [-0.4, -0.2) is 43.5 Å². The summed E-state index contributed by atoms with van der Waals surface area (Å²) in [4.78, 5) is 31.1. The molecule has 1 unspecified atom stereocenters. The Morgan fingerprint density at radius 2 is 1.73 bits per heavy atom. The van der Waals surface area contributed by atoms with Crippen LogP contribution in [-0.2, 0) is 9.53 Å². The van der Waals surface area contributed by atoms with Crippen LogP contribution in [0.25, 0.3) is 0 Å². The molecule has 0 radical (unpaired) electrons. The Labute approximate surface area is 233 Å². The smallest absolute Gasteiger partial charge is 0.269 e. The third kappa shape index (κ3) is 6.37. The normalized spacial score (nSPS) is 14.8. The van der Waals surface area contributed by atoms with E-state index in [1.54, 1.807) is 36.4 Å². The quantitative estimate of drug-likeness (QED) is 0.308. The maximum atomic E-state index is 13.3. The molecule has 3 aromatic rings. The number of hydrogen-bond donors (Lipinski definition) is 2. The molecule has 7 nitrogen and oxygen atoms in total. The summed E-state index contributed by atoms with van der Waals surface area (Å²) in [6.45, 7) is 2.99. The Morgan fingerprint density at radius 1 is 1.00 bits per heavy atom. The number of para-hydroxylation sites is 1. The van der Waals surface area contributed by atoms with Gasteiger partial charge < -0.3 is 20.1 Å². The van der Waals surface area contributed by atoms with E-state index in [1.165, 1.54) is 18.2 Å². The van der Waals surface area contributed by atoms with Gasteiger partial charge in [-0.05, 0) is 43.3 Å². The number of hydrogen-bond acceptors (Lipinski definition) is 5. The van der Waals surface area contributed by atoms with E-state index >= 15 is 0 Å². The first-order valence-corrected chi connectivity index (χ1v) is 12.7. The van der Waals surface area contributed by atoms with Gasteiger partial charge in [-0.25, -0.2) is 4.99 Å². The maximum absolute atomic E-state index is 13.3. The minimum absolute atomic E-state index is 0.137. The van der Waals surface area contributed by atoms with Gasteiger partial charge in [0.05, 0.1) is 33.6 Å². The lowest BCUT2D eigenvalue weighted by molar-refractivity contribution is -0.117. The van der Waals surface area contributed by atoms with Crippen LogP contribution in [0.1, 0.15) is 28.4 Å². The lowest BCUT2D eigenvalue weighted by Gasteiger charge is -2.16. The van der Waals surface area contributed by atoms with Gasteiger partial charge in [-0.2, -0.15) is 0 Å². The highest BCUT2D eigenvalue weighted by molar-refractivity contribution is 6.44. The average molecular weight is 581 g/mol. The van der Waals surface area contributed by atoms with Crippen molar-refractivity contribution in [1.82, 2.24) is 5.32 Å². The second-order valence-corrected chi connectivity index (χ2v) is 9.51. The number of fused-ring (bicyclic) bond motifs is 1. The fourth-order valence-electron chi connectivity index (χ4n) is 3.68. The largest absolute Gasteiger partial charge is 0.490 e. The summed E-state index contributed by atoms with van der Waals surface area (Å²) in [5.74, 6) is -0.888. The summed E-state index contributed by atoms with van der Waals surface area (Å²) < 4.78 is 11.0. The molecule has 1 heterocycles. The van der Waals surface area contributed by atoms with Crippen molar-refractivity contribution in [1.29, 1.82) is 0 Å². The summed E-state index contributed by atoms with van der Waals surface area (Å²) in [6.07, 6.45) is -1.33. The third-order valence-electron chi connectivity index (χ3n) is 5.33. The second kappa shape index (κ2) is 12.2. The number of benzene rings is 3. The molecule has 37 heavy (non-hydrogen) atoms. The number of aliphatic imine (C=N–C) groups is 1. The lowest BCUT2D eigenvalue weighted by Crippen LogP contribution is -2.42. The predicted octanol–water partition coefficient (Wildman–Crippen LogP) is 6.26. The zero-order valence-corrected chi connectivity index (χ0v) is 22.5. The second-order valence-electron chi connectivity index (χ2n) is 7.82. The van der Waals surface area contributed by atoms with Crippen LogP contribution in [0, 0.1) is 0 Å². The predicted molar refractivity (Wildman–Crippen MR) is 147 cm³/mol. The SMILES string of the molecule is CCOCCOc1ccc(Cl)cc1C(=O)NC1N=C(c2c(Cl)cc(Cl)cc2Cl)c2ccccc2NC1=O. The molecular formula is C26H21Cl4N3O4. The van der Waals surface area contributed by atoms with Gasteiger partial charge in [-0.1, -0.05) is 64.6 Å². The van der Waals surface area contributed by atoms with Crippen LogP contribution < -0.4 is 15.4 Å². The third-order valence-corrected chi connectivity index (χ3v) is 6.38. The van der Waals surface area contributed by atoms with Crippen molar-refractivity contribution >= 4 is 69.6 Å². The molecule has 1 aliphatic heterocycles. The number of anilines is 1. The molecule has 0 bridgehead atoms. The molecule has 0 saturated heterocycles. The van der Waals surface area contributed by atoms with Gasteiger partial charge in [0.2, 0.25) is 6.17 Å². The van der Waals surface area contributed by atoms with Crippen molar-refractivity contribution in [2.75, 3.05) is 25.1 Å². The molecule has 192 valence electrons. The van der Waals surface area contributed by atoms with Crippen molar-refractivity contribution in [2.45, 2.75) is 13.1 Å². The standard InChI is InChI=1S/C26H21Cl4N3O4/c1-2-36-9-10-37-21-8-7-14(27)11-17(21)25(34)33-24-26(35)31-20-6-4-3-5-16(20)23(32-24)22-18(29)12-15(28)13-19(22)30/h3-8,11-13,24H,2,9-10H2,1H3,(H,31,35)(H,33,34). The summed E-state index contributed by atoms with van der Waals surface area (Å²) >= 11 is 25.2. The van der Waals surface area contributed by atoms with Crippen LogP contribution in [0.4, 0.5) is 5.69 Å². The Hall–Kier alpha value is -2.81. The molecule has 11 heteroatoms. The molecule has 1 aliphatic rings. The van der Waals surface area contributed by atoms with Gasteiger partial charge in [-0.15, -0.1) is 0 Å². The van der Waals surface area contributed by atoms with E-state index in [-0.39, 0.29) is 28.0 Å². The zero-order chi connectivity index (χ0) is 26.5. The first-order chi connectivity index (χ1) is 17.8. The summed E-state index contributed by atoms with van der Waals surface area (Å²) in [7, 11) is 0. The molecule has 0 aromatic heterocycles. The summed E-state index contributed by atoms with van der Waals surface area (Å²) in [5.41, 5.74) is 1.87. The number of halogens is 4. The van der Waals surface area contributed by atoms with E-state index in [9.17, 15) is 9.59 Å². The number of rotatable bonds is 8. The van der Waals surface area contributed by atoms with Gasteiger partial charge in [0.25, 0.3) is 11.8 Å². The van der Waals surface area contributed by atoms with Gasteiger partial charge in [-0.3, -0.25) is 9.59 Å². The van der Waals surface area contributed by atoms with E-state index in [4.69, 9.17) is 55.9 Å². The van der Waals surface area contributed by atoms with Crippen LogP contribution >= 0.6 is 46.4 Å². The molecule has 0 saturated carbocycles. The number of nitrogens with one attached hydrogen (secondary N) is 2. The highest BCUT2D eigenvalue weighted by Crippen LogP contribution is 2.34. The first-order valence-electron chi connectivity index (χ1n) is 11.2. The van der Waals surface area contributed by atoms with Gasteiger partial charge in [0.15, 0.2) is 0 Å². The average Bonchev–Trinajstić information content (AvgIpc) is 2.98. The first kappa shape index (κ1) is 27.2. The number of nitrogens with zero attached hydrogens (tertiary/aromatic N) is 1. The van der Waals surface area contributed by atoms with E-state index in [2.05, 4.69) is 15.6 Å². The van der Waals surface area contributed by atoms with Gasteiger partial charge in [0, 0.05) is 27.8 Å². The highest BCUT2D eigenvalue weighted by atomic mass is 35.5. The molecule has 0 fully saturated rings. The molecular weight excluding hydrogens is 560 g/mol. The van der Waals surface area contributed by atoms with Crippen molar-refractivity contribution in [2.24, 2.45) is 4.99 Å². The molecule has 3 aromatic carbocycles. The Morgan fingerprint density at radius 3 is 2.46 bits per heavy atom. The molecule has 1 atom stereocenters. The van der Waals surface area contributed by atoms with Gasteiger partial charge >= 0.3 is 0 Å². The Bertz CT molecular complexity index is 1360. The molecule has 2 N–H and O–H groups in total. The van der Waals surface area contributed by atoms with E-state index in [0.29, 0.717) is 45.8 Å². The van der Waals surface area contributed by atoms with E-state index < -0.39 is 18.0 Å². The zero-order valence-electron chi connectivity index (χ0n) is 19.5. The minimum Gasteiger partial charge on any atom is -0.490 e. The topological polar surface area (TPSA) is 89.0 Å². The molecule has 4 rings (SSSR count). The molecule has 0 spiro atoms. The van der Waals surface area contributed by atoms with E-state index in [0.717, 1.165) is 0 Å². The minimum atomic E-state index is -1.33. The molecule has 2 amide bonds. The monoisotopic (exact) mass is 579 g/mol. The highest BCUT2D eigenvalue weighted by Gasteiger charge is 2.30. The van der Waals surface area contributed by atoms with Crippen molar-refractivity contribution in [3.63, 3.8) is 0 Å². The van der Waals surface area contributed by atoms with Crippen LogP contribution in [0.15, 0.2) is 59.6 Å². The van der Waals surface area contributed by atoms with Crippen molar-refractivity contribution < 1.29 is 19.1 Å². The van der Waals surface area contributed by atoms with Gasteiger partial charge in [0.1, 0.15) is 12.4 Å². The van der Waals surface area contributed by atoms with Crippen LogP contribution in [0.5, 0.6) is 5.75 Å². The summed E-state index contributed by atoms with van der Waals surface area (Å²) in [6, 6.07) is 14.7. The van der Waals surface area contributed by atoms with Crippen LogP contribution in [0.3, 0.4) is 0 Å². The fraction of sp³-hybridized carbons (Fsp3) is 0.192. The number of carbonyl (C=O) groups excluding carboxylic acids is 2. The number of carbonyl (C=O) groups is 2. The Balaban J connectivity index is 1.72. The molecule has 0 aliphatic carbocycles. The van der Waals surface area contributed by atoms with E-state index in [1.807, 2.05) is 6.92 Å².